The van der Waals surface area contributed by atoms with Crippen LogP contribution in [-0.2, 0) is 11.5 Å². The molecule has 4 rings (SSSR count). The molecule has 2 aliphatic heterocycles. The quantitative estimate of drug-likeness (QED) is 0.809. The molecule has 0 unspecified atom stereocenters. The van der Waals surface area contributed by atoms with E-state index in [-0.39, 0.29) is 5.91 Å². The van der Waals surface area contributed by atoms with Crippen LogP contribution in [0.4, 0.5) is 5.69 Å². The molecule has 25 heavy (non-hydrogen) atoms. The number of hydrogen-bond donors (Lipinski definition) is 1. The zero-order valence-corrected chi connectivity index (χ0v) is 14.5. The number of benzene rings is 2. The molecule has 2 aromatic carbocycles. The molecule has 0 bridgehead atoms. The lowest BCUT2D eigenvalue weighted by molar-refractivity contribution is -0.194. The highest BCUT2D eigenvalue weighted by molar-refractivity contribution is 6.40. The second kappa shape index (κ2) is 6.55. The minimum absolute atomic E-state index is 0.165. The zero-order valence-electron chi connectivity index (χ0n) is 13.0. The van der Waals surface area contributed by atoms with E-state index >= 15 is 0 Å². The summed E-state index contributed by atoms with van der Waals surface area (Å²) in [6, 6.07) is 10.4. The van der Waals surface area contributed by atoms with E-state index in [0.717, 1.165) is 5.56 Å². The van der Waals surface area contributed by atoms with Crippen molar-refractivity contribution in [1.29, 1.82) is 0 Å². The highest BCUT2D eigenvalue weighted by atomic mass is 35.5. The van der Waals surface area contributed by atoms with Gasteiger partial charge in [0.25, 0.3) is 5.91 Å². The number of para-hydroxylation sites is 1. The molecule has 2 aromatic rings. The molecule has 2 aliphatic rings. The fourth-order valence-electron chi connectivity index (χ4n) is 2.70. The first-order valence-electron chi connectivity index (χ1n) is 7.63. The highest BCUT2D eigenvalue weighted by Gasteiger charge is 2.27. The number of halogens is 2. The molecular weight excluding hydrogens is 365 g/mol. The third-order valence-corrected chi connectivity index (χ3v) is 4.59. The predicted molar refractivity (Wildman–Crippen MR) is 95.3 cm³/mol. The van der Waals surface area contributed by atoms with Gasteiger partial charge in [-0.25, -0.2) is 0 Å². The number of rotatable bonds is 2. The number of carbonyl (C=O) groups excluding carboxylic acids is 1. The highest BCUT2D eigenvalue weighted by Crippen LogP contribution is 2.31. The molecular formula is C17H13Cl2N3O3. The average Bonchev–Trinajstić information content (AvgIpc) is 3.26. The molecule has 0 spiro atoms. The van der Waals surface area contributed by atoms with Crippen molar-refractivity contribution >= 4 is 40.8 Å². The van der Waals surface area contributed by atoms with E-state index in [1.54, 1.807) is 41.3 Å². The standard InChI is InChI=1S/C17H13Cl2N3O3/c18-12-2-1-3-13(19)15(12)21-17-20-6-7-22(17)16(23)10-4-5-14-11(8-10)9-24-25-14/h1-5,8H,6-7,9H2,(H,20,21). The van der Waals surface area contributed by atoms with Crippen LogP contribution in [0.2, 0.25) is 10.0 Å². The molecule has 1 N–H and O–H groups in total. The Morgan fingerprint density at radius 3 is 2.80 bits per heavy atom. The van der Waals surface area contributed by atoms with Crippen LogP contribution in [0.25, 0.3) is 0 Å². The summed E-state index contributed by atoms with van der Waals surface area (Å²) < 4.78 is 0. The molecule has 0 aromatic heterocycles. The van der Waals surface area contributed by atoms with E-state index < -0.39 is 0 Å². The minimum Gasteiger partial charge on any atom is -0.337 e. The van der Waals surface area contributed by atoms with Crippen molar-refractivity contribution in [3.63, 3.8) is 0 Å². The number of aliphatic imine (C=N–C) groups is 1. The van der Waals surface area contributed by atoms with Gasteiger partial charge >= 0.3 is 0 Å². The minimum atomic E-state index is -0.165. The summed E-state index contributed by atoms with van der Waals surface area (Å²) in [6.45, 7) is 1.31. The summed E-state index contributed by atoms with van der Waals surface area (Å²) in [5.74, 6) is 0.891. The molecule has 0 aliphatic carbocycles. The molecule has 0 radical (unpaired) electrons. The van der Waals surface area contributed by atoms with Crippen LogP contribution < -0.4 is 10.2 Å². The Hall–Kier alpha value is -2.28. The fourth-order valence-corrected chi connectivity index (χ4v) is 3.19. The Morgan fingerprint density at radius 2 is 2.00 bits per heavy atom. The number of guanidine groups is 1. The van der Waals surface area contributed by atoms with Gasteiger partial charge in [-0.1, -0.05) is 29.3 Å². The maximum atomic E-state index is 12.9. The van der Waals surface area contributed by atoms with Gasteiger partial charge in [0.15, 0.2) is 5.75 Å². The van der Waals surface area contributed by atoms with Crippen molar-refractivity contribution < 1.29 is 14.6 Å². The van der Waals surface area contributed by atoms with Gasteiger partial charge in [-0.05, 0) is 30.3 Å². The maximum Gasteiger partial charge on any atom is 0.260 e. The van der Waals surface area contributed by atoms with Gasteiger partial charge in [0.05, 0.1) is 22.3 Å². The summed E-state index contributed by atoms with van der Waals surface area (Å²) in [6.07, 6.45) is 0. The van der Waals surface area contributed by atoms with Crippen molar-refractivity contribution in [2.75, 3.05) is 18.4 Å². The number of carbonyl (C=O) groups is 1. The number of amides is 1. The molecule has 0 saturated heterocycles. The van der Waals surface area contributed by atoms with E-state index in [1.807, 2.05) is 0 Å². The van der Waals surface area contributed by atoms with Crippen LogP contribution in [-0.4, -0.2) is 29.9 Å². The Bertz CT molecular complexity index is 865. The van der Waals surface area contributed by atoms with Crippen LogP contribution in [0.5, 0.6) is 5.75 Å². The maximum absolute atomic E-state index is 12.9. The van der Waals surface area contributed by atoms with Gasteiger partial charge in [0.1, 0.15) is 6.61 Å². The largest absolute Gasteiger partial charge is 0.337 e. The number of nitrogens with zero attached hydrogens (tertiary/aromatic N) is 2. The Balaban J connectivity index is 1.58. The van der Waals surface area contributed by atoms with Gasteiger partial charge in [-0.2, -0.15) is 4.89 Å². The Morgan fingerprint density at radius 1 is 1.20 bits per heavy atom. The van der Waals surface area contributed by atoms with Gasteiger partial charge < -0.3 is 10.2 Å². The first-order chi connectivity index (χ1) is 12.1. The molecule has 2 heterocycles. The molecule has 1 amide bonds. The lowest BCUT2D eigenvalue weighted by Gasteiger charge is -2.20. The van der Waals surface area contributed by atoms with E-state index in [2.05, 4.69) is 10.3 Å². The molecule has 0 atom stereocenters. The first-order valence-corrected chi connectivity index (χ1v) is 8.39. The lowest BCUT2D eigenvalue weighted by atomic mass is 10.1. The van der Waals surface area contributed by atoms with Gasteiger partial charge in [-0.3, -0.25) is 14.7 Å². The van der Waals surface area contributed by atoms with Gasteiger partial charge in [0, 0.05) is 17.7 Å². The zero-order chi connectivity index (χ0) is 17.4. The summed E-state index contributed by atoms with van der Waals surface area (Å²) in [4.78, 5) is 28.7. The number of fused-ring (bicyclic) bond motifs is 1. The number of hydrogen-bond acceptors (Lipinski definition) is 5. The molecule has 0 saturated carbocycles. The van der Waals surface area contributed by atoms with Gasteiger partial charge in [0.2, 0.25) is 5.96 Å². The van der Waals surface area contributed by atoms with E-state index in [1.165, 1.54) is 0 Å². The van der Waals surface area contributed by atoms with Crippen LogP contribution in [0, 0.1) is 0 Å². The smallest absolute Gasteiger partial charge is 0.260 e. The van der Waals surface area contributed by atoms with E-state index in [9.17, 15) is 4.79 Å². The van der Waals surface area contributed by atoms with Crippen molar-refractivity contribution in [2.45, 2.75) is 6.61 Å². The first kappa shape index (κ1) is 16.2. The summed E-state index contributed by atoms with van der Waals surface area (Å²) in [5.41, 5.74) is 1.90. The Kier molecular flexibility index (Phi) is 4.25. The normalized spacial score (nSPS) is 15.6. The van der Waals surface area contributed by atoms with Crippen LogP contribution in [0.1, 0.15) is 15.9 Å². The molecule has 6 nitrogen and oxygen atoms in total. The van der Waals surface area contributed by atoms with Crippen molar-refractivity contribution in [3.05, 3.63) is 57.6 Å². The fraction of sp³-hybridized carbons (Fsp3) is 0.176. The molecule has 0 fully saturated rings. The third-order valence-electron chi connectivity index (χ3n) is 3.96. The van der Waals surface area contributed by atoms with Crippen molar-refractivity contribution in [1.82, 2.24) is 4.90 Å². The Labute approximate surface area is 153 Å². The van der Waals surface area contributed by atoms with Crippen LogP contribution in [0.3, 0.4) is 0 Å². The van der Waals surface area contributed by atoms with E-state index in [0.29, 0.717) is 52.7 Å². The van der Waals surface area contributed by atoms with Gasteiger partial charge in [-0.15, -0.1) is 0 Å². The lowest BCUT2D eigenvalue weighted by Crippen LogP contribution is -2.38. The third kappa shape index (κ3) is 3.04. The van der Waals surface area contributed by atoms with Crippen LogP contribution in [0.15, 0.2) is 41.4 Å². The predicted octanol–water partition coefficient (Wildman–Crippen LogP) is 3.74. The van der Waals surface area contributed by atoms with Crippen molar-refractivity contribution in [2.24, 2.45) is 4.99 Å². The second-order valence-electron chi connectivity index (χ2n) is 5.55. The SMILES string of the molecule is O=C(c1ccc2c(c1)COO2)N1CCN=C1Nc1c(Cl)cccc1Cl. The summed E-state index contributed by atoms with van der Waals surface area (Å²) >= 11 is 12.4. The second-order valence-corrected chi connectivity index (χ2v) is 6.37. The summed E-state index contributed by atoms with van der Waals surface area (Å²) in [5, 5.41) is 3.99. The van der Waals surface area contributed by atoms with Crippen molar-refractivity contribution in [3.8, 4) is 5.75 Å². The number of anilines is 1. The number of nitrogens with one attached hydrogen (secondary N) is 1. The average molecular weight is 378 g/mol. The monoisotopic (exact) mass is 377 g/mol. The molecule has 128 valence electrons. The molecule has 8 heteroatoms. The topological polar surface area (TPSA) is 63.2 Å². The van der Waals surface area contributed by atoms with E-state index in [4.69, 9.17) is 33.0 Å². The van der Waals surface area contributed by atoms with Crippen LogP contribution >= 0.6 is 23.2 Å². The summed E-state index contributed by atoms with van der Waals surface area (Å²) in [7, 11) is 0.